The van der Waals surface area contributed by atoms with Gasteiger partial charge in [0, 0.05) is 0 Å². The van der Waals surface area contributed by atoms with Gasteiger partial charge >= 0.3 is 5.69 Å². The van der Waals surface area contributed by atoms with Gasteiger partial charge in [-0.25, -0.2) is 9.18 Å². The van der Waals surface area contributed by atoms with Crippen LogP contribution in [0.1, 0.15) is 5.56 Å². The summed E-state index contributed by atoms with van der Waals surface area (Å²) in [6.45, 7) is -0.310. The number of para-hydroxylation sites is 2. The van der Waals surface area contributed by atoms with Crippen molar-refractivity contribution >= 4 is 73.9 Å². The van der Waals surface area contributed by atoms with Gasteiger partial charge in [-0.3, -0.25) is 9.59 Å². The highest BCUT2D eigenvalue weighted by Crippen LogP contribution is 2.28. The van der Waals surface area contributed by atoms with Gasteiger partial charge in [0.1, 0.15) is 11.6 Å². The van der Waals surface area contributed by atoms with Crippen LogP contribution in [0.5, 0.6) is 5.75 Å². The average molecular weight is 684 g/mol. The number of ether oxygens (including phenoxy) is 1. The second kappa shape index (κ2) is 10.5. The number of carbonyl (C=O) groups excluding carboxylic acids is 1. The number of anilines is 1. The zero-order chi connectivity index (χ0) is 24.2. The summed E-state index contributed by atoms with van der Waals surface area (Å²) in [6.07, 6.45) is 1.39. The molecule has 0 aliphatic heterocycles. The molecule has 0 atom stereocenters. The fraction of sp³-hybridized carbons (Fsp3) is 0.0435. The van der Waals surface area contributed by atoms with E-state index in [1.807, 2.05) is 45.2 Å². The Morgan fingerprint density at radius 1 is 1.09 bits per heavy atom. The van der Waals surface area contributed by atoms with Gasteiger partial charge in [-0.2, -0.15) is 5.10 Å². The smallest absolute Gasteiger partial charge is 0.349 e. The van der Waals surface area contributed by atoms with Crippen LogP contribution in [0.2, 0.25) is 0 Å². The maximum atomic E-state index is 13.7. The van der Waals surface area contributed by atoms with E-state index >= 15 is 0 Å². The fourth-order valence-corrected chi connectivity index (χ4v) is 5.19. The van der Waals surface area contributed by atoms with E-state index in [2.05, 4.69) is 15.4 Å². The lowest BCUT2D eigenvalue weighted by Gasteiger charge is -2.12. The van der Waals surface area contributed by atoms with E-state index in [0.29, 0.717) is 29.4 Å². The molecule has 0 saturated carbocycles. The number of aromatic amines is 1. The number of carbonyl (C=O) groups is 1. The summed E-state index contributed by atoms with van der Waals surface area (Å²) in [5.41, 5.74) is -0.0399. The standard InChI is InChI=1S/C23H15FI2N4O4/c24-15-6-2-4-8-19(15)28-20(31)12-34-21-16(25)9-13(10-17(21)26)11-27-30-22(32)14-5-1-3-7-18(14)29-23(30)33/h1-11H,12H2,(H,28,31)(H,29,33). The maximum Gasteiger partial charge on any atom is 0.349 e. The van der Waals surface area contributed by atoms with Crippen LogP contribution in [0.4, 0.5) is 10.1 Å². The summed E-state index contributed by atoms with van der Waals surface area (Å²) >= 11 is 4.09. The number of rotatable bonds is 6. The summed E-state index contributed by atoms with van der Waals surface area (Å²) in [6, 6.07) is 16.0. The molecule has 2 N–H and O–H groups in total. The van der Waals surface area contributed by atoms with Crippen molar-refractivity contribution in [3.05, 3.63) is 100 Å². The number of hydrogen-bond donors (Lipinski definition) is 2. The van der Waals surface area contributed by atoms with Gasteiger partial charge in [-0.15, -0.1) is 4.68 Å². The number of fused-ring (bicyclic) bond motifs is 1. The molecule has 1 aromatic heterocycles. The van der Waals surface area contributed by atoms with Gasteiger partial charge in [0.15, 0.2) is 6.61 Å². The Kier molecular flexibility index (Phi) is 7.41. The number of nitrogens with zero attached hydrogens (tertiary/aromatic N) is 2. The van der Waals surface area contributed by atoms with E-state index in [4.69, 9.17) is 4.74 Å². The first-order chi connectivity index (χ1) is 16.3. The first kappa shape index (κ1) is 24.1. The SMILES string of the molecule is O=C(COc1c(I)cc(C=Nn2c(=O)[nH]c3ccccc3c2=O)cc1I)Nc1ccccc1F. The van der Waals surface area contributed by atoms with Crippen LogP contribution in [0, 0.1) is 13.0 Å². The van der Waals surface area contributed by atoms with Crippen molar-refractivity contribution in [2.75, 3.05) is 11.9 Å². The van der Waals surface area contributed by atoms with E-state index in [-0.39, 0.29) is 12.3 Å². The zero-order valence-corrected chi connectivity index (χ0v) is 21.5. The molecular formula is C23H15FI2N4O4. The third-order valence-electron chi connectivity index (χ3n) is 4.62. The number of amides is 1. The van der Waals surface area contributed by atoms with Crippen molar-refractivity contribution in [2.45, 2.75) is 0 Å². The van der Waals surface area contributed by atoms with Crippen LogP contribution in [0.3, 0.4) is 0 Å². The minimum Gasteiger partial charge on any atom is -0.482 e. The van der Waals surface area contributed by atoms with Gasteiger partial charge in [0.25, 0.3) is 11.5 Å². The van der Waals surface area contributed by atoms with Crippen molar-refractivity contribution in [2.24, 2.45) is 5.10 Å². The number of aromatic nitrogens is 2. The van der Waals surface area contributed by atoms with Crippen LogP contribution >= 0.6 is 45.2 Å². The van der Waals surface area contributed by atoms with Crippen molar-refractivity contribution in [3.63, 3.8) is 0 Å². The molecule has 0 fully saturated rings. The molecule has 3 aromatic carbocycles. The van der Waals surface area contributed by atoms with E-state index in [0.717, 1.165) is 4.68 Å². The molecule has 0 saturated heterocycles. The van der Waals surface area contributed by atoms with Crippen LogP contribution in [-0.4, -0.2) is 28.4 Å². The Balaban J connectivity index is 1.51. The Morgan fingerprint density at radius 2 is 1.76 bits per heavy atom. The molecule has 172 valence electrons. The molecule has 0 unspecified atom stereocenters. The van der Waals surface area contributed by atoms with E-state index in [1.165, 1.54) is 24.4 Å². The Bertz CT molecular complexity index is 1530. The lowest BCUT2D eigenvalue weighted by Crippen LogP contribution is -2.32. The number of halogens is 3. The number of H-pyrrole nitrogens is 1. The highest BCUT2D eigenvalue weighted by atomic mass is 127. The van der Waals surface area contributed by atoms with E-state index in [9.17, 15) is 18.8 Å². The predicted octanol–water partition coefficient (Wildman–Crippen LogP) is 3.94. The molecule has 0 spiro atoms. The Labute approximate surface area is 219 Å². The van der Waals surface area contributed by atoms with Gasteiger partial charge in [0.05, 0.1) is 29.9 Å². The molecule has 0 aliphatic carbocycles. The molecule has 8 nitrogen and oxygen atoms in total. The third-order valence-corrected chi connectivity index (χ3v) is 6.22. The van der Waals surface area contributed by atoms with Crippen LogP contribution < -0.4 is 21.3 Å². The van der Waals surface area contributed by atoms with Crippen molar-refractivity contribution in [3.8, 4) is 5.75 Å². The van der Waals surface area contributed by atoms with E-state index < -0.39 is 23.0 Å². The largest absolute Gasteiger partial charge is 0.482 e. The topological polar surface area (TPSA) is 106 Å². The molecule has 0 bridgehead atoms. The second-order valence-electron chi connectivity index (χ2n) is 6.97. The van der Waals surface area contributed by atoms with Gasteiger partial charge < -0.3 is 15.0 Å². The number of hydrogen-bond acceptors (Lipinski definition) is 5. The van der Waals surface area contributed by atoms with Gasteiger partial charge in [0.2, 0.25) is 0 Å². The van der Waals surface area contributed by atoms with Crippen molar-refractivity contribution < 1.29 is 13.9 Å². The Hall–Kier alpha value is -3.07. The first-order valence-electron chi connectivity index (χ1n) is 9.78. The summed E-state index contributed by atoms with van der Waals surface area (Å²) in [5, 5.41) is 6.87. The monoisotopic (exact) mass is 684 g/mol. The molecule has 1 heterocycles. The molecule has 0 radical (unpaired) electrons. The lowest BCUT2D eigenvalue weighted by atomic mass is 10.2. The molecular weight excluding hydrogens is 669 g/mol. The Morgan fingerprint density at radius 3 is 2.50 bits per heavy atom. The minimum absolute atomic E-state index is 0.0750. The highest BCUT2D eigenvalue weighted by Gasteiger charge is 2.13. The minimum atomic E-state index is -0.648. The van der Waals surface area contributed by atoms with Crippen molar-refractivity contribution in [1.29, 1.82) is 0 Å². The maximum absolute atomic E-state index is 13.7. The fourth-order valence-electron chi connectivity index (χ4n) is 3.06. The van der Waals surface area contributed by atoms with Crippen LogP contribution in [0.25, 0.3) is 10.9 Å². The highest BCUT2D eigenvalue weighted by molar-refractivity contribution is 14.1. The lowest BCUT2D eigenvalue weighted by molar-refractivity contribution is -0.118. The molecule has 4 rings (SSSR count). The summed E-state index contributed by atoms with van der Waals surface area (Å²) in [4.78, 5) is 39.7. The van der Waals surface area contributed by atoms with E-state index in [1.54, 1.807) is 42.5 Å². The zero-order valence-electron chi connectivity index (χ0n) is 17.2. The number of nitrogens with one attached hydrogen (secondary N) is 2. The molecule has 4 aromatic rings. The normalized spacial score (nSPS) is 11.1. The predicted molar refractivity (Wildman–Crippen MR) is 144 cm³/mol. The van der Waals surface area contributed by atoms with Crippen LogP contribution in [-0.2, 0) is 4.79 Å². The number of benzene rings is 3. The third kappa shape index (κ3) is 5.35. The molecule has 0 aliphatic rings. The van der Waals surface area contributed by atoms with Crippen molar-refractivity contribution in [1.82, 2.24) is 9.66 Å². The molecule has 1 amide bonds. The van der Waals surface area contributed by atoms with Gasteiger partial charge in [-0.05, 0) is 87.1 Å². The molecule has 11 heteroatoms. The first-order valence-corrected chi connectivity index (χ1v) is 11.9. The van der Waals surface area contributed by atoms with Crippen LogP contribution in [0.15, 0.2) is 75.4 Å². The quantitative estimate of drug-likeness (QED) is 0.237. The summed E-state index contributed by atoms with van der Waals surface area (Å²) in [5.74, 6) is -0.562. The second-order valence-corrected chi connectivity index (χ2v) is 9.29. The molecule has 34 heavy (non-hydrogen) atoms. The summed E-state index contributed by atoms with van der Waals surface area (Å²) in [7, 11) is 0. The van der Waals surface area contributed by atoms with Gasteiger partial charge in [-0.1, -0.05) is 24.3 Å². The summed E-state index contributed by atoms with van der Waals surface area (Å²) < 4.78 is 21.5. The average Bonchev–Trinajstić information content (AvgIpc) is 2.80.